The Morgan fingerprint density at radius 3 is 2.75 bits per heavy atom. The third-order valence-electron chi connectivity index (χ3n) is 5.17. The smallest absolute Gasteiger partial charge is 0.0916 e. The van der Waals surface area contributed by atoms with Crippen LogP contribution in [0.25, 0.3) is 0 Å². The van der Waals surface area contributed by atoms with Gasteiger partial charge in [0, 0.05) is 0 Å². The van der Waals surface area contributed by atoms with Gasteiger partial charge in [0.2, 0.25) is 0 Å². The average Bonchev–Trinajstić information content (AvgIpc) is 2.66. The monoisotopic (exact) mass is 340 g/mol. The van der Waals surface area contributed by atoms with Gasteiger partial charge in [-0.25, -0.2) is 0 Å². The minimum Gasteiger partial charge on any atom is -0.393 e. The van der Waals surface area contributed by atoms with Crippen molar-refractivity contribution >= 4 is 0 Å². The Labute approximate surface area is 147 Å². The van der Waals surface area contributed by atoms with E-state index in [1.807, 2.05) is 20.8 Å². The van der Waals surface area contributed by atoms with Crippen LogP contribution in [-0.4, -0.2) is 46.3 Å². The molecule has 140 valence electrons. The predicted octanol–water partition coefficient (Wildman–Crippen LogP) is 3.36. The second kappa shape index (κ2) is 10.3. The minimum absolute atomic E-state index is 0.0204. The van der Waals surface area contributed by atoms with Gasteiger partial charge in [0.25, 0.3) is 0 Å². The van der Waals surface area contributed by atoms with Crippen molar-refractivity contribution in [3.05, 3.63) is 23.3 Å². The van der Waals surface area contributed by atoms with Gasteiger partial charge in [0.1, 0.15) is 0 Å². The van der Waals surface area contributed by atoms with E-state index >= 15 is 0 Å². The molecule has 0 aromatic carbocycles. The Morgan fingerprint density at radius 1 is 1.42 bits per heavy atom. The Bertz CT molecular complexity index is 425. The van der Waals surface area contributed by atoms with Crippen LogP contribution >= 0.6 is 0 Å². The van der Waals surface area contributed by atoms with Gasteiger partial charge in [-0.05, 0) is 64.4 Å². The first-order valence-corrected chi connectivity index (χ1v) is 9.20. The number of ether oxygens (including phenoxy) is 1. The summed E-state index contributed by atoms with van der Waals surface area (Å²) in [6.07, 6.45) is 7.81. The summed E-state index contributed by atoms with van der Waals surface area (Å²) in [7, 11) is 0. The van der Waals surface area contributed by atoms with Crippen molar-refractivity contribution in [3.63, 3.8) is 0 Å². The zero-order chi connectivity index (χ0) is 18.2. The van der Waals surface area contributed by atoms with E-state index in [9.17, 15) is 10.2 Å². The van der Waals surface area contributed by atoms with E-state index in [1.54, 1.807) is 6.08 Å². The molecule has 1 rings (SSSR count). The molecule has 4 nitrogen and oxygen atoms in total. The molecule has 0 radical (unpaired) electrons. The van der Waals surface area contributed by atoms with Crippen LogP contribution in [0.3, 0.4) is 0 Å². The summed E-state index contributed by atoms with van der Waals surface area (Å²) in [4.78, 5) is 0. The highest BCUT2D eigenvalue weighted by molar-refractivity contribution is 5.06. The van der Waals surface area contributed by atoms with E-state index in [-0.39, 0.29) is 18.6 Å². The molecule has 0 aromatic heterocycles. The number of aliphatic hydroxyl groups is 3. The largest absolute Gasteiger partial charge is 0.393 e. The molecule has 1 aliphatic heterocycles. The van der Waals surface area contributed by atoms with Crippen LogP contribution in [0.1, 0.15) is 66.2 Å². The molecule has 2 unspecified atom stereocenters. The zero-order valence-electron chi connectivity index (χ0n) is 15.8. The maximum absolute atomic E-state index is 10.4. The van der Waals surface area contributed by atoms with Crippen molar-refractivity contribution in [2.45, 2.75) is 84.0 Å². The topological polar surface area (TPSA) is 69.9 Å². The van der Waals surface area contributed by atoms with Gasteiger partial charge in [0.15, 0.2) is 0 Å². The van der Waals surface area contributed by atoms with Crippen LogP contribution in [0, 0.1) is 5.92 Å². The van der Waals surface area contributed by atoms with E-state index in [4.69, 9.17) is 9.84 Å². The molecular weight excluding hydrogens is 304 g/mol. The molecule has 1 heterocycles. The van der Waals surface area contributed by atoms with Crippen molar-refractivity contribution in [2.24, 2.45) is 5.92 Å². The first kappa shape index (κ1) is 21.4. The van der Waals surface area contributed by atoms with Crippen LogP contribution in [-0.2, 0) is 4.74 Å². The standard InChI is InChI=1S/C20H36O4/c1-15(2)7-9-18(22)16(3)6-5-12-20(4)19(23)10-8-17(11-13-21)14-24-20/h7,11,16,18-19,21-23H,5-6,8-10,12-14H2,1-4H3/b17-11+/t16?,18?,19-,20+/m1/s1. The first-order valence-electron chi connectivity index (χ1n) is 9.20. The number of rotatable bonds is 8. The van der Waals surface area contributed by atoms with E-state index in [0.29, 0.717) is 19.4 Å². The summed E-state index contributed by atoms with van der Waals surface area (Å²) < 4.78 is 5.99. The van der Waals surface area contributed by atoms with Gasteiger partial charge in [0.05, 0.1) is 31.0 Å². The lowest BCUT2D eigenvalue weighted by atomic mass is 9.87. The number of aliphatic hydroxyl groups excluding tert-OH is 3. The Kier molecular flexibility index (Phi) is 9.21. The lowest BCUT2D eigenvalue weighted by molar-refractivity contribution is -0.105. The molecule has 1 fully saturated rings. The number of hydrogen-bond acceptors (Lipinski definition) is 4. The maximum Gasteiger partial charge on any atom is 0.0916 e. The summed E-state index contributed by atoms with van der Waals surface area (Å²) in [6, 6.07) is 0. The summed E-state index contributed by atoms with van der Waals surface area (Å²) >= 11 is 0. The molecule has 0 bridgehead atoms. The van der Waals surface area contributed by atoms with Crippen molar-refractivity contribution in [3.8, 4) is 0 Å². The molecule has 0 spiro atoms. The van der Waals surface area contributed by atoms with Gasteiger partial charge < -0.3 is 20.1 Å². The highest BCUT2D eigenvalue weighted by atomic mass is 16.5. The zero-order valence-corrected chi connectivity index (χ0v) is 15.8. The highest BCUT2D eigenvalue weighted by Crippen LogP contribution is 2.32. The van der Waals surface area contributed by atoms with Gasteiger partial charge in [-0.15, -0.1) is 0 Å². The summed E-state index contributed by atoms with van der Waals surface area (Å²) in [5.74, 6) is 0.233. The fourth-order valence-corrected chi connectivity index (χ4v) is 3.14. The number of hydrogen-bond donors (Lipinski definition) is 3. The van der Waals surface area contributed by atoms with Crippen molar-refractivity contribution in [1.82, 2.24) is 0 Å². The Balaban J connectivity index is 2.47. The van der Waals surface area contributed by atoms with Gasteiger partial charge in [-0.1, -0.05) is 31.1 Å². The molecule has 3 N–H and O–H groups in total. The summed E-state index contributed by atoms with van der Waals surface area (Å²) in [5, 5.41) is 29.7. The minimum atomic E-state index is -0.546. The fourth-order valence-electron chi connectivity index (χ4n) is 3.14. The molecular formula is C20H36O4. The van der Waals surface area contributed by atoms with Crippen LogP contribution in [0.5, 0.6) is 0 Å². The quantitative estimate of drug-likeness (QED) is 0.593. The molecule has 1 aliphatic rings. The van der Waals surface area contributed by atoms with Crippen LogP contribution in [0.15, 0.2) is 23.3 Å². The molecule has 1 saturated heterocycles. The first-order chi connectivity index (χ1) is 11.3. The average molecular weight is 341 g/mol. The van der Waals surface area contributed by atoms with Crippen LogP contribution < -0.4 is 0 Å². The second-order valence-electron chi connectivity index (χ2n) is 7.65. The van der Waals surface area contributed by atoms with E-state index in [1.165, 1.54) is 5.57 Å². The second-order valence-corrected chi connectivity index (χ2v) is 7.65. The fraction of sp³-hybridized carbons (Fsp3) is 0.800. The summed E-state index contributed by atoms with van der Waals surface area (Å²) in [6.45, 7) is 8.65. The molecule has 0 saturated carbocycles. The molecule has 4 atom stereocenters. The lowest BCUT2D eigenvalue weighted by Gasteiger charge is -2.33. The van der Waals surface area contributed by atoms with Gasteiger partial charge >= 0.3 is 0 Å². The van der Waals surface area contributed by atoms with Crippen molar-refractivity contribution in [2.75, 3.05) is 13.2 Å². The van der Waals surface area contributed by atoms with Gasteiger partial charge in [-0.2, -0.15) is 0 Å². The van der Waals surface area contributed by atoms with Crippen molar-refractivity contribution in [1.29, 1.82) is 0 Å². The predicted molar refractivity (Wildman–Crippen MR) is 97.8 cm³/mol. The third kappa shape index (κ3) is 7.06. The van der Waals surface area contributed by atoms with E-state index in [0.717, 1.165) is 31.3 Å². The van der Waals surface area contributed by atoms with E-state index in [2.05, 4.69) is 13.0 Å². The van der Waals surface area contributed by atoms with Crippen LogP contribution in [0.4, 0.5) is 0 Å². The SMILES string of the molecule is CC(C)=CCC(O)C(C)CCC[C@]1(C)OC/C(=C/CO)CC[C@H]1O. The highest BCUT2D eigenvalue weighted by Gasteiger charge is 2.36. The normalized spacial score (nSPS) is 29.1. The molecule has 24 heavy (non-hydrogen) atoms. The van der Waals surface area contributed by atoms with Crippen molar-refractivity contribution < 1.29 is 20.1 Å². The molecule has 0 amide bonds. The maximum atomic E-state index is 10.4. The molecule has 0 aliphatic carbocycles. The Hall–Kier alpha value is -0.680. The van der Waals surface area contributed by atoms with Crippen LogP contribution in [0.2, 0.25) is 0 Å². The molecule has 4 heteroatoms. The third-order valence-corrected chi connectivity index (χ3v) is 5.17. The van der Waals surface area contributed by atoms with Gasteiger partial charge in [-0.3, -0.25) is 0 Å². The van der Waals surface area contributed by atoms with E-state index < -0.39 is 11.7 Å². The summed E-state index contributed by atoms with van der Waals surface area (Å²) in [5.41, 5.74) is 1.75. The number of allylic oxidation sites excluding steroid dienone is 1. The lowest BCUT2D eigenvalue weighted by Crippen LogP contribution is -2.41. The molecule has 0 aromatic rings. The Morgan fingerprint density at radius 2 is 2.12 bits per heavy atom.